The third-order valence-electron chi connectivity index (χ3n) is 2.35. The molecule has 1 aliphatic carbocycles. The average Bonchev–Trinajstić information content (AvgIpc) is 1.95. The van der Waals surface area contributed by atoms with E-state index in [1.165, 1.54) is 0 Å². The van der Waals surface area contributed by atoms with E-state index < -0.39 is 0 Å². The van der Waals surface area contributed by atoms with Crippen molar-refractivity contribution < 1.29 is 4.79 Å². The Labute approximate surface area is 62.0 Å². The molecular formula is C8H15NO. The first kappa shape index (κ1) is 7.73. The van der Waals surface area contributed by atoms with E-state index in [0.717, 1.165) is 19.3 Å². The number of rotatable bonds is 1. The normalized spacial score (nSPS) is 34.4. The summed E-state index contributed by atoms with van der Waals surface area (Å²) in [6, 6.07) is 0.448. The Balaban J connectivity index is 2.41. The average molecular weight is 141 g/mol. The second-order valence-electron chi connectivity index (χ2n) is 3.13. The van der Waals surface area contributed by atoms with Crippen LogP contribution in [0.25, 0.3) is 0 Å². The summed E-state index contributed by atoms with van der Waals surface area (Å²) in [5, 5.41) is 3.13. The van der Waals surface area contributed by atoms with Crippen LogP contribution in [-0.4, -0.2) is 18.9 Å². The van der Waals surface area contributed by atoms with Crippen molar-refractivity contribution in [2.75, 3.05) is 7.05 Å². The van der Waals surface area contributed by atoms with Crippen molar-refractivity contribution in [3.05, 3.63) is 0 Å². The van der Waals surface area contributed by atoms with E-state index in [1.54, 1.807) is 0 Å². The number of ketones is 1. The number of Topliss-reactive ketones (excluding diaryl/α,β-unsaturated/α-hetero) is 1. The maximum Gasteiger partial charge on any atom is 0.137 e. The van der Waals surface area contributed by atoms with Gasteiger partial charge in [0.2, 0.25) is 0 Å². The van der Waals surface area contributed by atoms with E-state index in [0.29, 0.717) is 17.7 Å². The fourth-order valence-corrected chi connectivity index (χ4v) is 1.40. The van der Waals surface area contributed by atoms with Gasteiger partial charge in [0.1, 0.15) is 5.78 Å². The Morgan fingerprint density at radius 1 is 1.50 bits per heavy atom. The van der Waals surface area contributed by atoms with Crippen molar-refractivity contribution >= 4 is 5.78 Å². The zero-order chi connectivity index (χ0) is 7.56. The third-order valence-corrected chi connectivity index (χ3v) is 2.35. The highest BCUT2D eigenvalue weighted by Crippen LogP contribution is 2.19. The zero-order valence-electron chi connectivity index (χ0n) is 6.68. The lowest BCUT2D eigenvalue weighted by molar-refractivity contribution is -0.124. The van der Waals surface area contributed by atoms with Crippen molar-refractivity contribution in [1.82, 2.24) is 5.32 Å². The molecule has 2 nitrogen and oxygen atoms in total. The Kier molecular flexibility index (Phi) is 2.44. The standard InChI is InChI=1S/C8H15NO/c1-6-3-4-7(9-2)5-8(6)10/h6-7,9H,3-5H2,1-2H3/t6-,7-/m1/s1. The Morgan fingerprint density at radius 2 is 2.20 bits per heavy atom. The Hall–Kier alpha value is -0.370. The van der Waals surface area contributed by atoms with Gasteiger partial charge in [-0.1, -0.05) is 6.92 Å². The topological polar surface area (TPSA) is 29.1 Å². The molecule has 58 valence electrons. The molecule has 0 amide bonds. The largest absolute Gasteiger partial charge is 0.317 e. The molecule has 0 aliphatic heterocycles. The van der Waals surface area contributed by atoms with Gasteiger partial charge < -0.3 is 5.32 Å². The smallest absolute Gasteiger partial charge is 0.137 e. The maximum absolute atomic E-state index is 11.1. The van der Waals surface area contributed by atoms with Crippen molar-refractivity contribution in [2.45, 2.75) is 32.2 Å². The van der Waals surface area contributed by atoms with Crippen molar-refractivity contribution in [3.8, 4) is 0 Å². The van der Waals surface area contributed by atoms with Crippen LogP contribution in [0.1, 0.15) is 26.2 Å². The molecule has 0 aromatic rings. The molecule has 0 unspecified atom stereocenters. The molecular weight excluding hydrogens is 126 g/mol. The number of hydrogen-bond donors (Lipinski definition) is 1. The molecule has 0 aromatic heterocycles. The molecule has 0 heterocycles. The fraction of sp³-hybridized carbons (Fsp3) is 0.875. The van der Waals surface area contributed by atoms with Gasteiger partial charge >= 0.3 is 0 Å². The monoisotopic (exact) mass is 141 g/mol. The van der Waals surface area contributed by atoms with Crippen LogP contribution in [0, 0.1) is 5.92 Å². The first-order valence-electron chi connectivity index (χ1n) is 3.94. The van der Waals surface area contributed by atoms with Gasteiger partial charge in [0.05, 0.1) is 0 Å². The SMILES string of the molecule is CN[C@@H]1CC[C@@H](C)C(=O)C1. The lowest BCUT2D eigenvalue weighted by Crippen LogP contribution is -2.34. The minimum atomic E-state index is 0.310. The van der Waals surface area contributed by atoms with Crippen LogP contribution < -0.4 is 5.32 Å². The van der Waals surface area contributed by atoms with Crippen LogP contribution in [0.3, 0.4) is 0 Å². The summed E-state index contributed by atoms with van der Waals surface area (Å²) < 4.78 is 0. The molecule has 2 atom stereocenters. The van der Waals surface area contributed by atoms with Gasteiger partial charge in [-0.15, -0.1) is 0 Å². The molecule has 1 saturated carbocycles. The number of carbonyl (C=O) groups is 1. The minimum Gasteiger partial charge on any atom is -0.317 e. The molecule has 2 heteroatoms. The van der Waals surface area contributed by atoms with E-state index in [4.69, 9.17) is 0 Å². The Bertz CT molecular complexity index is 133. The molecule has 1 aliphatic rings. The first-order valence-corrected chi connectivity index (χ1v) is 3.94. The third kappa shape index (κ3) is 1.57. The van der Waals surface area contributed by atoms with Gasteiger partial charge in [0.25, 0.3) is 0 Å². The number of hydrogen-bond acceptors (Lipinski definition) is 2. The lowest BCUT2D eigenvalue weighted by atomic mass is 9.86. The summed E-state index contributed by atoms with van der Waals surface area (Å²) in [4.78, 5) is 11.1. The van der Waals surface area contributed by atoms with Gasteiger partial charge in [-0.3, -0.25) is 4.79 Å². The molecule has 0 spiro atoms. The Morgan fingerprint density at radius 3 is 2.70 bits per heavy atom. The maximum atomic E-state index is 11.1. The van der Waals surface area contributed by atoms with Crippen molar-refractivity contribution in [1.29, 1.82) is 0 Å². The van der Waals surface area contributed by atoms with E-state index >= 15 is 0 Å². The van der Waals surface area contributed by atoms with Crippen LogP contribution in [0.15, 0.2) is 0 Å². The highest BCUT2D eigenvalue weighted by molar-refractivity contribution is 5.81. The summed E-state index contributed by atoms with van der Waals surface area (Å²) in [6.07, 6.45) is 2.95. The fourth-order valence-electron chi connectivity index (χ4n) is 1.40. The predicted octanol–water partition coefficient (Wildman–Crippen LogP) is 0.964. The summed E-state index contributed by atoms with van der Waals surface area (Å²) in [7, 11) is 1.92. The zero-order valence-corrected chi connectivity index (χ0v) is 6.68. The highest BCUT2D eigenvalue weighted by atomic mass is 16.1. The van der Waals surface area contributed by atoms with Crippen molar-refractivity contribution in [2.24, 2.45) is 5.92 Å². The molecule has 0 saturated heterocycles. The highest BCUT2D eigenvalue weighted by Gasteiger charge is 2.23. The molecule has 0 aromatic carbocycles. The lowest BCUT2D eigenvalue weighted by Gasteiger charge is -2.24. The summed E-state index contributed by atoms with van der Waals surface area (Å²) in [5.74, 6) is 0.732. The number of carbonyl (C=O) groups excluding carboxylic acids is 1. The second-order valence-corrected chi connectivity index (χ2v) is 3.13. The first-order chi connectivity index (χ1) is 4.74. The van der Waals surface area contributed by atoms with Crippen molar-refractivity contribution in [3.63, 3.8) is 0 Å². The molecule has 0 radical (unpaired) electrons. The predicted molar refractivity (Wildman–Crippen MR) is 40.9 cm³/mol. The number of nitrogens with one attached hydrogen (secondary N) is 1. The van der Waals surface area contributed by atoms with Gasteiger partial charge in [0.15, 0.2) is 0 Å². The molecule has 1 N–H and O–H groups in total. The van der Waals surface area contributed by atoms with Crippen LogP contribution in [-0.2, 0) is 4.79 Å². The molecule has 10 heavy (non-hydrogen) atoms. The van der Waals surface area contributed by atoms with Crippen LogP contribution in [0.5, 0.6) is 0 Å². The van der Waals surface area contributed by atoms with E-state index in [-0.39, 0.29) is 0 Å². The molecule has 1 rings (SSSR count). The van der Waals surface area contributed by atoms with E-state index in [9.17, 15) is 4.79 Å². The second kappa shape index (κ2) is 3.15. The van der Waals surface area contributed by atoms with E-state index in [2.05, 4.69) is 5.32 Å². The molecule has 1 fully saturated rings. The summed E-state index contributed by atoms with van der Waals surface area (Å²) in [6.45, 7) is 2.02. The summed E-state index contributed by atoms with van der Waals surface area (Å²) in [5.41, 5.74) is 0. The quantitative estimate of drug-likeness (QED) is 0.589. The van der Waals surface area contributed by atoms with E-state index in [1.807, 2.05) is 14.0 Å². The van der Waals surface area contributed by atoms with Crippen LogP contribution in [0.2, 0.25) is 0 Å². The molecule has 0 bridgehead atoms. The van der Waals surface area contributed by atoms with Gasteiger partial charge in [-0.25, -0.2) is 0 Å². The minimum absolute atomic E-state index is 0.310. The summed E-state index contributed by atoms with van der Waals surface area (Å²) >= 11 is 0. The van der Waals surface area contributed by atoms with Gasteiger partial charge in [-0.2, -0.15) is 0 Å². The van der Waals surface area contributed by atoms with Gasteiger partial charge in [0, 0.05) is 18.4 Å². The van der Waals surface area contributed by atoms with Crippen LogP contribution in [0.4, 0.5) is 0 Å². The van der Waals surface area contributed by atoms with Gasteiger partial charge in [-0.05, 0) is 19.9 Å². The van der Waals surface area contributed by atoms with Crippen LogP contribution >= 0.6 is 0 Å².